The zero-order valence-corrected chi connectivity index (χ0v) is 19.9. The first-order valence-electron chi connectivity index (χ1n) is 10.9. The molecule has 2 heterocycles. The Balaban J connectivity index is 1.37. The zero-order valence-electron chi connectivity index (χ0n) is 18.3. The Hall–Kier alpha value is -3.27. The molecule has 1 unspecified atom stereocenters. The number of fused-ring (bicyclic) bond motifs is 1. The number of ether oxygens (including phenoxy) is 1. The van der Waals surface area contributed by atoms with E-state index in [0.717, 1.165) is 21.5 Å². The van der Waals surface area contributed by atoms with Crippen molar-refractivity contribution in [1.82, 2.24) is 9.88 Å². The summed E-state index contributed by atoms with van der Waals surface area (Å²) in [5.74, 6) is 1.31. The monoisotopic (exact) mass is 493 g/mol. The van der Waals surface area contributed by atoms with Gasteiger partial charge < -0.3 is 10.1 Å². The molecule has 1 amide bonds. The van der Waals surface area contributed by atoms with Crippen LogP contribution in [0.25, 0.3) is 10.2 Å². The van der Waals surface area contributed by atoms with Crippen LogP contribution in [0.3, 0.4) is 0 Å². The maximum absolute atomic E-state index is 13.4. The highest BCUT2D eigenvalue weighted by atomic mass is 32.2. The normalized spacial score (nSPS) is 16.7. The smallest absolute Gasteiger partial charge is 0.248 e. The summed E-state index contributed by atoms with van der Waals surface area (Å²) in [5.41, 5.74) is 1.58. The van der Waals surface area contributed by atoms with E-state index in [0.29, 0.717) is 24.0 Å². The number of para-hydroxylation sites is 1. The summed E-state index contributed by atoms with van der Waals surface area (Å²) >= 11 is 1.37. The van der Waals surface area contributed by atoms with E-state index in [4.69, 9.17) is 4.74 Å². The number of nitrogens with zero attached hydrogens (tertiary/aromatic N) is 2. The van der Waals surface area contributed by atoms with E-state index in [2.05, 4.69) is 10.3 Å². The van der Waals surface area contributed by atoms with E-state index in [1.165, 1.54) is 11.3 Å². The van der Waals surface area contributed by atoms with Crippen LogP contribution < -0.4 is 10.1 Å². The molecular formula is C25H23N3O4S2. The van der Waals surface area contributed by atoms with Crippen molar-refractivity contribution in [2.75, 3.05) is 29.9 Å². The Kier molecular flexibility index (Phi) is 6.32. The number of nitrogens with one attached hydrogen (secondary N) is 1. The largest absolute Gasteiger partial charge is 0.457 e. The summed E-state index contributed by atoms with van der Waals surface area (Å²) < 4.78 is 30.6. The summed E-state index contributed by atoms with van der Waals surface area (Å²) in [7, 11) is -3.06. The molecule has 4 aromatic rings. The van der Waals surface area contributed by atoms with E-state index in [1.807, 2.05) is 83.8 Å². The van der Waals surface area contributed by atoms with Crippen molar-refractivity contribution >= 4 is 42.4 Å². The van der Waals surface area contributed by atoms with Gasteiger partial charge in [-0.05, 0) is 29.8 Å². The van der Waals surface area contributed by atoms with E-state index in [1.54, 1.807) is 0 Å². The second-order valence-electron chi connectivity index (χ2n) is 8.05. The predicted molar refractivity (Wildman–Crippen MR) is 134 cm³/mol. The van der Waals surface area contributed by atoms with Gasteiger partial charge in [-0.3, -0.25) is 9.69 Å². The van der Waals surface area contributed by atoms with Gasteiger partial charge >= 0.3 is 0 Å². The molecule has 34 heavy (non-hydrogen) atoms. The Morgan fingerprint density at radius 3 is 2.32 bits per heavy atom. The van der Waals surface area contributed by atoms with Crippen molar-refractivity contribution in [2.24, 2.45) is 0 Å². The molecule has 0 saturated carbocycles. The van der Waals surface area contributed by atoms with E-state index in [-0.39, 0.29) is 17.4 Å². The van der Waals surface area contributed by atoms with Gasteiger partial charge in [-0.2, -0.15) is 0 Å². The third-order valence-corrected chi connectivity index (χ3v) is 8.22. The van der Waals surface area contributed by atoms with Crippen molar-refractivity contribution < 1.29 is 17.9 Å². The maximum Gasteiger partial charge on any atom is 0.248 e. The lowest BCUT2D eigenvalue weighted by atomic mass is 10.0. The zero-order chi connectivity index (χ0) is 23.5. The summed E-state index contributed by atoms with van der Waals surface area (Å²) in [6.07, 6.45) is 0. The third kappa shape index (κ3) is 5.11. The Labute approximate surface area is 201 Å². The Morgan fingerprint density at radius 2 is 1.62 bits per heavy atom. The fourth-order valence-corrected chi connectivity index (χ4v) is 6.10. The molecule has 0 aliphatic carbocycles. The van der Waals surface area contributed by atoms with E-state index < -0.39 is 15.9 Å². The second kappa shape index (κ2) is 9.54. The van der Waals surface area contributed by atoms with Crippen LogP contribution in [0.2, 0.25) is 0 Å². The number of carbonyl (C=O) groups is 1. The maximum atomic E-state index is 13.4. The number of rotatable bonds is 6. The molecule has 5 rings (SSSR count). The number of benzene rings is 3. The van der Waals surface area contributed by atoms with Gasteiger partial charge in [-0.15, -0.1) is 0 Å². The van der Waals surface area contributed by atoms with Gasteiger partial charge in [0.25, 0.3) is 0 Å². The first-order chi connectivity index (χ1) is 16.5. The summed E-state index contributed by atoms with van der Waals surface area (Å²) in [6.45, 7) is 0.630. The molecule has 3 aromatic carbocycles. The molecule has 1 aromatic heterocycles. The van der Waals surface area contributed by atoms with Crippen LogP contribution in [0.4, 0.5) is 5.13 Å². The quantitative estimate of drug-likeness (QED) is 0.426. The lowest BCUT2D eigenvalue weighted by Crippen LogP contribution is -2.46. The van der Waals surface area contributed by atoms with Crippen molar-refractivity contribution in [3.05, 3.63) is 84.4 Å². The lowest BCUT2D eigenvalue weighted by molar-refractivity contribution is -0.121. The van der Waals surface area contributed by atoms with Gasteiger partial charge in [0.1, 0.15) is 17.5 Å². The molecule has 1 aliphatic heterocycles. The van der Waals surface area contributed by atoms with Crippen LogP contribution in [-0.2, 0) is 14.6 Å². The van der Waals surface area contributed by atoms with Gasteiger partial charge in [0.15, 0.2) is 15.0 Å². The Morgan fingerprint density at radius 1 is 0.941 bits per heavy atom. The first-order valence-corrected chi connectivity index (χ1v) is 13.5. The van der Waals surface area contributed by atoms with E-state index >= 15 is 0 Å². The van der Waals surface area contributed by atoms with Gasteiger partial charge in [0, 0.05) is 19.2 Å². The van der Waals surface area contributed by atoms with Gasteiger partial charge in [-0.1, -0.05) is 59.9 Å². The molecule has 1 atom stereocenters. The fraction of sp³-hybridized carbons (Fsp3) is 0.200. The summed E-state index contributed by atoms with van der Waals surface area (Å²) in [4.78, 5) is 19.9. The van der Waals surface area contributed by atoms with Crippen LogP contribution in [-0.4, -0.2) is 48.8 Å². The number of hydrogen-bond acceptors (Lipinski definition) is 7. The van der Waals surface area contributed by atoms with Crippen LogP contribution >= 0.6 is 11.3 Å². The minimum atomic E-state index is -3.06. The van der Waals surface area contributed by atoms with Gasteiger partial charge in [0.05, 0.1) is 21.7 Å². The average Bonchev–Trinajstić information content (AvgIpc) is 3.23. The standard InChI is InChI=1S/C25H23N3O4S2/c29-24(23(18-7-3-1-4-8-18)28-13-15-34(30,31)16-14-28)27-25-26-21-12-11-20(17-22(21)33-25)32-19-9-5-2-6-10-19/h1-12,17,23H,13-16H2,(H,26,27,29). The van der Waals surface area contributed by atoms with Crippen molar-refractivity contribution in [1.29, 1.82) is 0 Å². The molecule has 9 heteroatoms. The molecule has 174 valence electrons. The number of amides is 1. The summed E-state index contributed by atoms with van der Waals surface area (Å²) in [6, 6.07) is 24.0. The van der Waals surface area contributed by atoms with E-state index in [9.17, 15) is 13.2 Å². The first kappa shape index (κ1) is 22.5. The average molecular weight is 494 g/mol. The molecule has 1 aliphatic rings. The highest BCUT2D eigenvalue weighted by Gasteiger charge is 2.33. The van der Waals surface area contributed by atoms with Crippen LogP contribution in [0.15, 0.2) is 78.9 Å². The summed E-state index contributed by atoms with van der Waals surface area (Å²) in [5, 5.41) is 3.44. The lowest BCUT2D eigenvalue weighted by Gasteiger charge is -2.33. The van der Waals surface area contributed by atoms with Gasteiger partial charge in [0.2, 0.25) is 5.91 Å². The van der Waals surface area contributed by atoms with Crippen LogP contribution in [0, 0.1) is 0 Å². The predicted octanol–water partition coefficient (Wildman–Crippen LogP) is 4.50. The molecule has 1 fully saturated rings. The topological polar surface area (TPSA) is 88.6 Å². The minimum absolute atomic E-state index is 0.0505. The highest BCUT2D eigenvalue weighted by Crippen LogP contribution is 2.32. The number of sulfone groups is 1. The molecule has 7 nitrogen and oxygen atoms in total. The number of hydrogen-bond donors (Lipinski definition) is 1. The Bertz CT molecular complexity index is 1390. The van der Waals surface area contributed by atoms with Crippen molar-refractivity contribution in [3.8, 4) is 11.5 Å². The molecule has 0 spiro atoms. The SMILES string of the molecule is O=C(Nc1nc2ccc(Oc3ccccc3)cc2s1)C(c1ccccc1)N1CCS(=O)(=O)CC1. The molecular weight excluding hydrogens is 470 g/mol. The molecule has 0 radical (unpaired) electrons. The molecule has 1 saturated heterocycles. The highest BCUT2D eigenvalue weighted by molar-refractivity contribution is 7.91. The van der Waals surface area contributed by atoms with Gasteiger partial charge in [-0.25, -0.2) is 13.4 Å². The third-order valence-electron chi connectivity index (χ3n) is 5.68. The van der Waals surface area contributed by atoms with Crippen LogP contribution in [0.5, 0.6) is 11.5 Å². The number of aromatic nitrogens is 1. The number of anilines is 1. The van der Waals surface area contributed by atoms with Crippen LogP contribution in [0.1, 0.15) is 11.6 Å². The minimum Gasteiger partial charge on any atom is -0.457 e. The number of thiazole rings is 1. The van der Waals surface area contributed by atoms with Crippen molar-refractivity contribution in [2.45, 2.75) is 6.04 Å². The molecule has 1 N–H and O–H groups in total. The van der Waals surface area contributed by atoms with Crippen molar-refractivity contribution in [3.63, 3.8) is 0 Å². The fourth-order valence-electron chi connectivity index (χ4n) is 3.97. The number of carbonyl (C=O) groups excluding carboxylic acids is 1. The molecule has 0 bridgehead atoms. The second-order valence-corrected chi connectivity index (χ2v) is 11.4.